The molecule has 9 nitrogen and oxygen atoms in total. The molecule has 0 aromatic heterocycles. The van der Waals surface area contributed by atoms with Gasteiger partial charge < -0.3 is 33.5 Å². The second-order valence-corrected chi connectivity index (χ2v) is 10.9. The van der Waals surface area contributed by atoms with E-state index in [1.54, 1.807) is 13.2 Å². The van der Waals surface area contributed by atoms with Gasteiger partial charge in [-0.1, -0.05) is 12.2 Å². The molecule has 0 spiro atoms. The molecule has 2 heterocycles. The van der Waals surface area contributed by atoms with Crippen LogP contribution in [0.15, 0.2) is 54.3 Å². The molecule has 230 valence electrons. The molecule has 0 radical (unpaired) electrons. The highest BCUT2D eigenvalue weighted by Gasteiger charge is 2.42. The Morgan fingerprint density at radius 1 is 1.05 bits per heavy atom. The number of ketones is 1. The molecule has 3 fully saturated rings. The van der Waals surface area contributed by atoms with Crippen molar-refractivity contribution in [3.8, 4) is 11.5 Å². The van der Waals surface area contributed by atoms with Gasteiger partial charge in [0.2, 0.25) is 0 Å². The third kappa shape index (κ3) is 10.4. The number of ether oxygens (including phenoxy) is 6. The molecule has 9 heteroatoms. The average Bonchev–Trinajstić information content (AvgIpc) is 3.30. The highest BCUT2D eigenvalue weighted by molar-refractivity contribution is 5.85. The molecule has 0 bridgehead atoms. The Bertz CT molecular complexity index is 1060. The van der Waals surface area contributed by atoms with Crippen molar-refractivity contribution in [3.63, 3.8) is 0 Å². The van der Waals surface area contributed by atoms with E-state index in [1.807, 2.05) is 42.5 Å². The smallest absolute Gasteiger partial charge is 0.303 e. The van der Waals surface area contributed by atoms with E-state index < -0.39 is 12.1 Å². The molecule has 1 aliphatic carbocycles. The monoisotopic (exact) mass is 584 g/mol. The number of aliphatic carboxylic acids is 1. The van der Waals surface area contributed by atoms with Gasteiger partial charge in [0.05, 0.1) is 13.2 Å². The van der Waals surface area contributed by atoms with Crippen molar-refractivity contribution in [2.75, 3.05) is 26.9 Å². The molecular weight excluding hydrogens is 540 g/mol. The van der Waals surface area contributed by atoms with Gasteiger partial charge in [-0.3, -0.25) is 9.59 Å². The second-order valence-electron chi connectivity index (χ2n) is 10.9. The number of rotatable bonds is 15. The van der Waals surface area contributed by atoms with E-state index in [0.717, 1.165) is 44.3 Å². The first-order valence-corrected chi connectivity index (χ1v) is 15.1. The lowest BCUT2D eigenvalue weighted by Crippen LogP contribution is -2.32. The van der Waals surface area contributed by atoms with E-state index in [-0.39, 0.29) is 49.3 Å². The van der Waals surface area contributed by atoms with Crippen molar-refractivity contribution in [1.82, 2.24) is 0 Å². The van der Waals surface area contributed by atoms with Gasteiger partial charge in [-0.05, 0) is 87.8 Å². The predicted molar refractivity (Wildman–Crippen MR) is 155 cm³/mol. The summed E-state index contributed by atoms with van der Waals surface area (Å²) in [5, 5.41) is 8.84. The summed E-state index contributed by atoms with van der Waals surface area (Å²) in [6, 6.07) is 7.40. The van der Waals surface area contributed by atoms with E-state index in [1.165, 1.54) is 0 Å². The number of carboxylic acids is 1. The average molecular weight is 585 g/mol. The topological polar surface area (TPSA) is 110 Å². The summed E-state index contributed by atoms with van der Waals surface area (Å²) in [7, 11) is 1.62. The van der Waals surface area contributed by atoms with Crippen LogP contribution in [0.1, 0.15) is 64.2 Å². The largest absolute Gasteiger partial charge is 0.497 e. The maximum absolute atomic E-state index is 13.2. The fourth-order valence-electron chi connectivity index (χ4n) is 5.47. The maximum Gasteiger partial charge on any atom is 0.303 e. The summed E-state index contributed by atoms with van der Waals surface area (Å²) < 4.78 is 35.7. The van der Waals surface area contributed by atoms with Gasteiger partial charge in [0.15, 0.2) is 12.6 Å². The first-order valence-electron chi connectivity index (χ1n) is 15.1. The van der Waals surface area contributed by atoms with Crippen LogP contribution in [-0.4, -0.2) is 68.6 Å². The van der Waals surface area contributed by atoms with Gasteiger partial charge in [0, 0.05) is 37.9 Å². The van der Waals surface area contributed by atoms with Crippen LogP contribution in [0.2, 0.25) is 0 Å². The van der Waals surface area contributed by atoms with Crippen molar-refractivity contribution < 1.29 is 43.1 Å². The van der Waals surface area contributed by atoms with Crippen LogP contribution in [0.25, 0.3) is 0 Å². The van der Waals surface area contributed by atoms with Crippen molar-refractivity contribution in [3.05, 3.63) is 54.3 Å². The number of hydrogen-bond acceptors (Lipinski definition) is 8. The van der Waals surface area contributed by atoms with E-state index in [9.17, 15) is 9.59 Å². The standard InChI is InChI=1S/C33H44O9/c1-37-24-14-16-25(17-15-24)40-23-26(41-32-12-6-8-20-38-32)18-19-28-27(10-4-2-3-5-11-31(35)36)29(34)22-30(28)42-33-13-7-9-21-39-33/h3-4,14-19,26-28,30,32-33H,5-13,20-23H2,1H3,(H,35,36)/t2?,26?,27-,28-,30?,32?,33?/m1/s1. The SMILES string of the molecule is COc1ccc(OCC(C=C[C@H]2C(OC3CCCCO3)CC(=O)[C@@H]2CC=C=CCCC(=O)O)OC2CCCCO2)cc1. The van der Waals surface area contributed by atoms with Gasteiger partial charge in [-0.25, -0.2) is 0 Å². The molecule has 1 N–H and O–H groups in total. The Balaban J connectivity index is 1.48. The quantitative estimate of drug-likeness (QED) is 0.207. The van der Waals surface area contributed by atoms with Crippen LogP contribution >= 0.6 is 0 Å². The Hall–Kier alpha value is -2.94. The van der Waals surface area contributed by atoms with Gasteiger partial charge in [0.25, 0.3) is 0 Å². The van der Waals surface area contributed by atoms with E-state index >= 15 is 0 Å². The highest BCUT2D eigenvalue weighted by atomic mass is 16.7. The minimum absolute atomic E-state index is 0.0521. The van der Waals surface area contributed by atoms with Gasteiger partial charge in [-0.15, -0.1) is 5.73 Å². The van der Waals surface area contributed by atoms with Crippen LogP contribution < -0.4 is 9.47 Å². The third-order valence-corrected chi connectivity index (χ3v) is 7.77. The number of carbonyl (C=O) groups is 2. The van der Waals surface area contributed by atoms with E-state index in [0.29, 0.717) is 38.2 Å². The molecule has 2 aliphatic heterocycles. The zero-order valence-corrected chi connectivity index (χ0v) is 24.5. The number of allylic oxidation sites excluding steroid dienone is 1. The molecule has 42 heavy (non-hydrogen) atoms. The van der Waals surface area contributed by atoms with Crippen LogP contribution in [0.4, 0.5) is 0 Å². The van der Waals surface area contributed by atoms with E-state index in [4.69, 9.17) is 33.5 Å². The van der Waals surface area contributed by atoms with Crippen molar-refractivity contribution in [2.24, 2.45) is 11.8 Å². The summed E-state index contributed by atoms with van der Waals surface area (Å²) in [4.78, 5) is 24.0. The normalized spacial score (nSPS) is 26.9. The fraction of sp³-hybridized carbons (Fsp3) is 0.606. The molecule has 4 unspecified atom stereocenters. The lowest BCUT2D eigenvalue weighted by molar-refractivity contribution is -0.192. The summed E-state index contributed by atoms with van der Waals surface area (Å²) in [6.45, 7) is 1.61. The Kier molecular flexibility index (Phi) is 13.1. The number of hydrogen-bond donors (Lipinski definition) is 1. The van der Waals surface area contributed by atoms with Crippen molar-refractivity contribution in [1.29, 1.82) is 0 Å². The minimum atomic E-state index is -0.847. The van der Waals surface area contributed by atoms with Crippen molar-refractivity contribution >= 4 is 11.8 Å². The summed E-state index contributed by atoms with van der Waals surface area (Å²) in [5.74, 6) is 0.272. The summed E-state index contributed by atoms with van der Waals surface area (Å²) in [5.41, 5.74) is 3.05. The maximum atomic E-state index is 13.2. The number of Topliss-reactive ketones (excluding diaryl/α,β-unsaturated/α-hetero) is 1. The van der Waals surface area contributed by atoms with Crippen LogP contribution in [0.5, 0.6) is 11.5 Å². The lowest BCUT2D eigenvalue weighted by Gasteiger charge is -2.29. The highest BCUT2D eigenvalue weighted by Crippen LogP contribution is 2.37. The third-order valence-electron chi connectivity index (χ3n) is 7.77. The fourth-order valence-corrected chi connectivity index (χ4v) is 5.47. The zero-order valence-electron chi connectivity index (χ0n) is 24.5. The van der Waals surface area contributed by atoms with Crippen LogP contribution in [-0.2, 0) is 28.5 Å². The van der Waals surface area contributed by atoms with Gasteiger partial charge in [0.1, 0.15) is 30.0 Å². The van der Waals surface area contributed by atoms with Crippen LogP contribution in [0.3, 0.4) is 0 Å². The molecule has 4 rings (SSSR count). The Morgan fingerprint density at radius 2 is 1.76 bits per heavy atom. The molecule has 1 saturated carbocycles. The molecule has 0 amide bonds. The number of carboxylic acid groups (broad SMARTS) is 1. The molecule has 1 aromatic rings. The molecule has 1 aromatic carbocycles. The van der Waals surface area contributed by atoms with Crippen LogP contribution in [0, 0.1) is 11.8 Å². The molecule has 3 aliphatic rings. The second kappa shape index (κ2) is 17.2. The summed E-state index contributed by atoms with van der Waals surface area (Å²) in [6.07, 6.45) is 13.2. The summed E-state index contributed by atoms with van der Waals surface area (Å²) >= 11 is 0. The number of benzene rings is 1. The van der Waals surface area contributed by atoms with E-state index in [2.05, 4.69) is 5.73 Å². The van der Waals surface area contributed by atoms with Crippen molar-refractivity contribution in [2.45, 2.75) is 89.0 Å². The number of methoxy groups -OCH3 is 1. The lowest BCUT2D eigenvalue weighted by atomic mass is 9.90. The van der Waals surface area contributed by atoms with Gasteiger partial charge >= 0.3 is 5.97 Å². The Labute approximate surface area is 248 Å². The van der Waals surface area contributed by atoms with Gasteiger partial charge in [-0.2, -0.15) is 0 Å². The zero-order chi connectivity index (χ0) is 29.6. The number of carbonyl (C=O) groups excluding carboxylic acids is 1. The minimum Gasteiger partial charge on any atom is -0.497 e. The molecule has 6 atom stereocenters. The predicted octanol–water partition coefficient (Wildman–Crippen LogP) is 5.63. The molecular formula is C33H44O9. The Morgan fingerprint density at radius 3 is 2.43 bits per heavy atom. The molecule has 2 saturated heterocycles. The first kappa shape index (κ1) is 32.0. The first-order chi connectivity index (χ1) is 20.5.